The Bertz CT molecular complexity index is 878. The first-order valence-corrected chi connectivity index (χ1v) is 9.14. The lowest BCUT2D eigenvalue weighted by Crippen LogP contribution is -2.23. The number of hydrogen-bond acceptors (Lipinski definition) is 9. The molecule has 1 aromatic carbocycles. The highest BCUT2D eigenvalue weighted by Crippen LogP contribution is 2.18. The number of hydrogen-bond donors (Lipinski definition) is 1. The number of carbonyl (C=O) groups is 1. The minimum absolute atomic E-state index is 0.123. The smallest absolute Gasteiger partial charge is 0.265 e. The van der Waals surface area contributed by atoms with Crippen LogP contribution in [0.1, 0.15) is 40.4 Å². The summed E-state index contributed by atoms with van der Waals surface area (Å²) in [6.07, 6.45) is 1.61. The van der Waals surface area contributed by atoms with Gasteiger partial charge in [0.05, 0.1) is 19.3 Å². The van der Waals surface area contributed by atoms with Gasteiger partial charge in [-0.05, 0) is 42.2 Å². The van der Waals surface area contributed by atoms with Crippen LogP contribution in [0.3, 0.4) is 0 Å². The van der Waals surface area contributed by atoms with Gasteiger partial charge in [-0.1, -0.05) is 23.0 Å². The second-order valence-electron chi connectivity index (χ2n) is 5.55. The molecule has 0 saturated heterocycles. The Morgan fingerprint density at radius 2 is 2.04 bits per heavy atom. The van der Waals surface area contributed by atoms with Gasteiger partial charge in [0, 0.05) is 0 Å². The Hall–Kier alpha value is -3.01. The first-order chi connectivity index (χ1) is 13.2. The van der Waals surface area contributed by atoms with E-state index in [1.807, 2.05) is 6.92 Å². The fourth-order valence-corrected chi connectivity index (χ4v) is 2.88. The van der Waals surface area contributed by atoms with E-state index in [0.717, 1.165) is 23.7 Å². The van der Waals surface area contributed by atoms with Crippen LogP contribution >= 0.6 is 11.5 Å². The predicted molar refractivity (Wildman–Crippen MR) is 96.7 cm³/mol. The van der Waals surface area contributed by atoms with Gasteiger partial charge < -0.3 is 19.3 Å². The van der Waals surface area contributed by atoms with Crippen molar-refractivity contribution < 1.29 is 18.8 Å². The maximum Gasteiger partial charge on any atom is 0.265 e. The fourth-order valence-electron chi connectivity index (χ4n) is 2.26. The molecule has 3 aromatic rings. The highest BCUT2D eigenvalue weighted by atomic mass is 32.1. The number of nitrogens with one attached hydrogen (secondary N) is 1. The van der Waals surface area contributed by atoms with Crippen LogP contribution in [0, 0.1) is 0 Å². The summed E-state index contributed by atoms with van der Waals surface area (Å²) in [4.78, 5) is 17.0. The number of nitrogens with zero attached hydrogens (tertiary/aromatic N) is 4. The van der Waals surface area contributed by atoms with Crippen molar-refractivity contribution in [2.75, 3.05) is 7.11 Å². The Kier molecular flexibility index (Phi) is 6.31. The lowest BCUT2D eigenvalue weighted by Gasteiger charge is -2.04. The molecule has 0 aliphatic carbocycles. The molecule has 0 aliphatic heterocycles. The largest absolute Gasteiger partial charge is 0.497 e. The van der Waals surface area contributed by atoms with E-state index >= 15 is 0 Å². The van der Waals surface area contributed by atoms with Crippen molar-refractivity contribution in [3.63, 3.8) is 0 Å². The number of ether oxygens (including phenoxy) is 2. The highest BCUT2D eigenvalue weighted by Gasteiger charge is 2.16. The van der Waals surface area contributed by atoms with E-state index in [4.69, 9.17) is 14.0 Å². The van der Waals surface area contributed by atoms with E-state index in [0.29, 0.717) is 34.5 Å². The van der Waals surface area contributed by atoms with Crippen molar-refractivity contribution in [2.24, 2.45) is 0 Å². The third kappa shape index (κ3) is 5.00. The lowest BCUT2D eigenvalue weighted by atomic mass is 10.2. The first kappa shape index (κ1) is 18.8. The van der Waals surface area contributed by atoms with Gasteiger partial charge in [-0.2, -0.15) is 4.98 Å². The third-order valence-corrected chi connectivity index (χ3v) is 4.35. The maximum atomic E-state index is 12.2. The molecule has 0 saturated carbocycles. The van der Waals surface area contributed by atoms with Crippen LogP contribution < -0.4 is 14.8 Å². The van der Waals surface area contributed by atoms with Crippen molar-refractivity contribution in [3.8, 4) is 11.5 Å². The summed E-state index contributed by atoms with van der Waals surface area (Å²) in [5.41, 5.74) is 0.708. The van der Waals surface area contributed by atoms with Crippen LogP contribution in [0.5, 0.6) is 11.5 Å². The normalized spacial score (nSPS) is 10.6. The van der Waals surface area contributed by atoms with E-state index in [9.17, 15) is 4.79 Å². The number of methoxy groups -OCH3 is 1. The van der Waals surface area contributed by atoms with Crippen molar-refractivity contribution in [1.82, 2.24) is 25.0 Å². The maximum absolute atomic E-state index is 12.2. The van der Waals surface area contributed by atoms with Crippen LogP contribution in [0.25, 0.3) is 0 Å². The average molecular weight is 389 g/mol. The Labute approximate surface area is 159 Å². The van der Waals surface area contributed by atoms with Gasteiger partial charge in [0.1, 0.15) is 16.4 Å². The molecular weight excluding hydrogens is 370 g/mol. The van der Waals surface area contributed by atoms with Crippen molar-refractivity contribution in [2.45, 2.75) is 32.9 Å². The third-order valence-electron chi connectivity index (χ3n) is 3.59. The molecule has 1 N–H and O–H groups in total. The molecule has 1 amide bonds. The molecule has 9 nitrogen and oxygen atoms in total. The molecule has 0 radical (unpaired) electrons. The zero-order chi connectivity index (χ0) is 19.1. The van der Waals surface area contributed by atoms with Crippen LogP contribution in [0.2, 0.25) is 0 Å². The summed E-state index contributed by atoms with van der Waals surface area (Å²) < 4.78 is 19.7. The van der Waals surface area contributed by atoms with E-state index in [1.54, 1.807) is 31.4 Å². The van der Waals surface area contributed by atoms with Gasteiger partial charge in [0.2, 0.25) is 11.7 Å². The van der Waals surface area contributed by atoms with Gasteiger partial charge >= 0.3 is 0 Å². The van der Waals surface area contributed by atoms with Gasteiger partial charge in [0.15, 0.2) is 6.61 Å². The molecule has 0 aliphatic rings. The van der Waals surface area contributed by atoms with Gasteiger partial charge in [-0.15, -0.1) is 5.10 Å². The minimum Gasteiger partial charge on any atom is -0.497 e. The number of benzene rings is 1. The molecule has 3 rings (SSSR count). The first-order valence-electron chi connectivity index (χ1n) is 8.37. The Morgan fingerprint density at radius 1 is 1.26 bits per heavy atom. The minimum atomic E-state index is -0.248. The molecule has 2 heterocycles. The summed E-state index contributed by atoms with van der Waals surface area (Å²) in [6, 6.07) is 7.18. The van der Waals surface area contributed by atoms with E-state index in [2.05, 4.69) is 25.0 Å². The van der Waals surface area contributed by atoms with Gasteiger partial charge in [-0.3, -0.25) is 4.79 Å². The lowest BCUT2D eigenvalue weighted by molar-refractivity contribution is 0.0949. The number of aryl methyl sites for hydroxylation is 1. The van der Waals surface area contributed by atoms with Gasteiger partial charge in [-0.25, -0.2) is 0 Å². The fraction of sp³-hybridized carbons (Fsp3) is 0.353. The van der Waals surface area contributed by atoms with E-state index < -0.39 is 0 Å². The van der Waals surface area contributed by atoms with Crippen LogP contribution in [-0.4, -0.2) is 32.7 Å². The standard InChI is InChI=1S/C17H19N5O4S/c1-3-4-13-16(27-22-20-13)17(23)18-9-15-19-14(21-26-15)10-25-12-7-5-11(24-2)6-8-12/h5-8H,3-4,9-10H2,1-2H3,(H,18,23). The zero-order valence-electron chi connectivity index (χ0n) is 15.0. The summed E-state index contributed by atoms with van der Waals surface area (Å²) >= 11 is 1.08. The monoisotopic (exact) mass is 389 g/mol. The number of aromatic nitrogens is 4. The molecule has 0 unspecified atom stereocenters. The van der Waals surface area contributed by atoms with Crippen molar-refractivity contribution >= 4 is 17.4 Å². The number of amides is 1. The molecule has 0 fully saturated rings. The molecule has 0 bridgehead atoms. The number of carbonyl (C=O) groups excluding carboxylic acids is 1. The molecule has 0 spiro atoms. The zero-order valence-corrected chi connectivity index (χ0v) is 15.8. The molecule has 27 heavy (non-hydrogen) atoms. The highest BCUT2D eigenvalue weighted by molar-refractivity contribution is 7.08. The molecule has 10 heteroatoms. The summed E-state index contributed by atoms with van der Waals surface area (Å²) in [5, 5.41) is 10.6. The van der Waals surface area contributed by atoms with Crippen LogP contribution in [0.4, 0.5) is 0 Å². The summed E-state index contributed by atoms with van der Waals surface area (Å²) in [7, 11) is 1.60. The van der Waals surface area contributed by atoms with Crippen molar-refractivity contribution in [3.05, 3.63) is 46.6 Å². The van der Waals surface area contributed by atoms with Crippen LogP contribution in [0.15, 0.2) is 28.8 Å². The average Bonchev–Trinajstić information content (AvgIpc) is 3.34. The molecular formula is C17H19N5O4S. The molecule has 2 aromatic heterocycles. The van der Waals surface area contributed by atoms with Crippen LogP contribution in [-0.2, 0) is 19.6 Å². The van der Waals surface area contributed by atoms with E-state index in [1.165, 1.54) is 0 Å². The van der Waals surface area contributed by atoms with E-state index in [-0.39, 0.29) is 19.1 Å². The Balaban J connectivity index is 1.50. The summed E-state index contributed by atoms with van der Waals surface area (Å²) in [6.45, 7) is 2.30. The SMILES string of the molecule is CCCc1nnsc1C(=O)NCc1nc(COc2ccc(OC)cc2)no1. The van der Waals surface area contributed by atoms with Gasteiger partial charge in [0.25, 0.3) is 5.91 Å². The van der Waals surface area contributed by atoms with Crippen molar-refractivity contribution in [1.29, 1.82) is 0 Å². The second-order valence-corrected chi connectivity index (χ2v) is 6.30. The quantitative estimate of drug-likeness (QED) is 0.594. The molecule has 0 atom stereocenters. The predicted octanol–water partition coefficient (Wildman–Crippen LogP) is 2.39. The topological polar surface area (TPSA) is 112 Å². The Morgan fingerprint density at radius 3 is 2.78 bits per heavy atom. The number of rotatable bonds is 9. The molecule has 142 valence electrons. The second kappa shape index (κ2) is 9.08. The summed E-state index contributed by atoms with van der Waals surface area (Å²) in [5.74, 6) is 1.85.